The Morgan fingerprint density at radius 1 is 1.52 bits per heavy atom. The second-order valence-corrected chi connectivity index (χ2v) is 6.65. The Labute approximate surface area is 131 Å². The van der Waals surface area contributed by atoms with E-state index in [0.29, 0.717) is 11.5 Å². The van der Waals surface area contributed by atoms with E-state index in [-0.39, 0.29) is 27.3 Å². The van der Waals surface area contributed by atoms with Crippen molar-refractivity contribution in [2.75, 3.05) is 0 Å². The first kappa shape index (κ1) is 15.8. The molecule has 0 unspecified atom stereocenters. The molecule has 0 bridgehead atoms. The zero-order valence-electron chi connectivity index (χ0n) is 10.8. The first-order chi connectivity index (χ1) is 9.79. The molecule has 1 aromatic carbocycles. The zero-order valence-corrected chi connectivity index (χ0v) is 13.2. The van der Waals surface area contributed by atoms with Crippen LogP contribution < -0.4 is 10.5 Å². The number of nitrogens with zero attached hydrogens (tertiary/aromatic N) is 2. The second-order valence-electron chi connectivity index (χ2n) is 4.06. The van der Waals surface area contributed by atoms with Crippen molar-refractivity contribution in [1.82, 2.24) is 14.9 Å². The van der Waals surface area contributed by atoms with Crippen LogP contribution in [0.25, 0.3) is 0 Å². The summed E-state index contributed by atoms with van der Waals surface area (Å²) in [7, 11) is -3.81. The van der Waals surface area contributed by atoms with Crippen molar-refractivity contribution in [3.05, 3.63) is 40.5 Å². The number of nitrogens with two attached hydrogens (primary N) is 1. The third-order valence-electron chi connectivity index (χ3n) is 2.50. The molecular formula is C11H11ClN4O3S2. The van der Waals surface area contributed by atoms with E-state index in [2.05, 4.69) is 14.9 Å². The molecule has 112 valence electrons. The molecule has 10 heteroatoms. The zero-order chi connectivity index (χ0) is 15.6. The van der Waals surface area contributed by atoms with Gasteiger partial charge in [0.1, 0.15) is 9.88 Å². The molecule has 0 aliphatic carbocycles. The predicted molar refractivity (Wildman–Crippen MR) is 80.4 cm³/mol. The Bertz CT molecular complexity index is 789. The number of benzene rings is 1. The van der Waals surface area contributed by atoms with E-state index in [4.69, 9.17) is 34.1 Å². The van der Waals surface area contributed by atoms with Gasteiger partial charge in [-0.3, -0.25) is 0 Å². The van der Waals surface area contributed by atoms with E-state index in [1.165, 1.54) is 18.2 Å². The van der Waals surface area contributed by atoms with Gasteiger partial charge in [0.15, 0.2) is 5.82 Å². The lowest BCUT2D eigenvalue weighted by Gasteiger charge is -2.08. The average molecular weight is 347 g/mol. The normalized spacial score (nSPS) is 11.5. The fourth-order valence-corrected chi connectivity index (χ4v) is 3.17. The van der Waals surface area contributed by atoms with Gasteiger partial charge in [-0.15, -0.1) is 0 Å². The molecular weight excluding hydrogens is 336 g/mol. The summed E-state index contributed by atoms with van der Waals surface area (Å²) in [6.45, 7) is 1.50. The van der Waals surface area contributed by atoms with Crippen molar-refractivity contribution in [2.45, 2.75) is 18.4 Å². The monoisotopic (exact) mass is 346 g/mol. The van der Waals surface area contributed by atoms with Gasteiger partial charge in [0, 0.05) is 12.5 Å². The fraction of sp³-hybridized carbons (Fsp3) is 0.182. The second kappa shape index (κ2) is 6.06. The standard InChI is InChI=1S/C11H11ClN4O3S2/c1-6-15-10(16-19-6)5-14-21(17,18)9-3-2-7(11(13)20)4-8(9)12/h2-4,14H,5H2,1H3,(H2,13,20). The molecule has 3 N–H and O–H groups in total. The molecule has 0 radical (unpaired) electrons. The Hall–Kier alpha value is -1.55. The summed E-state index contributed by atoms with van der Waals surface area (Å²) in [4.78, 5) is 3.95. The topological polar surface area (TPSA) is 111 Å². The summed E-state index contributed by atoms with van der Waals surface area (Å²) in [6.07, 6.45) is 0. The quantitative estimate of drug-likeness (QED) is 0.781. The van der Waals surface area contributed by atoms with Crippen LogP contribution in [0, 0.1) is 6.92 Å². The van der Waals surface area contributed by atoms with Crippen molar-refractivity contribution in [3.63, 3.8) is 0 Å². The molecule has 1 aromatic heterocycles. The minimum atomic E-state index is -3.81. The molecule has 1 heterocycles. The van der Waals surface area contributed by atoms with E-state index in [0.717, 1.165) is 0 Å². The van der Waals surface area contributed by atoms with Crippen LogP contribution >= 0.6 is 23.8 Å². The van der Waals surface area contributed by atoms with E-state index < -0.39 is 10.0 Å². The van der Waals surface area contributed by atoms with Gasteiger partial charge >= 0.3 is 0 Å². The van der Waals surface area contributed by atoms with Crippen molar-refractivity contribution < 1.29 is 12.9 Å². The van der Waals surface area contributed by atoms with Crippen LogP contribution in [0.3, 0.4) is 0 Å². The lowest BCUT2D eigenvalue weighted by molar-refractivity contribution is 0.387. The Balaban J connectivity index is 2.21. The van der Waals surface area contributed by atoms with Gasteiger partial charge in [-0.1, -0.05) is 35.0 Å². The third-order valence-corrected chi connectivity index (χ3v) is 4.62. The first-order valence-corrected chi connectivity index (χ1v) is 7.95. The number of sulfonamides is 1. The largest absolute Gasteiger partial charge is 0.389 e. The summed E-state index contributed by atoms with van der Waals surface area (Å²) in [5.74, 6) is 0.579. The molecule has 0 aliphatic rings. The number of rotatable bonds is 5. The highest BCUT2D eigenvalue weighted by molar-refractivity contribution is 7.89. The van der Waals surface area contributed by atoms with Gasteiger partial charge in [-0.05, 0) is 12.1 Å². The number of hydrogen-bond donors (Lipinski definition) is 2. The number of hydrogen-bond acceptors (Lipinski definition) is 6. The van der Waals surface area contributed by atoms with E-state index in [9.17, 15) is 8.42 Å². The van der Waals surface area contributed by atoms with Crippen LogP contribution in [0.4, 0.5) is 0 Å². The summed E-state index contributed by atoms with van der Waals surface area (Å²) >= 11 is 10.8. The predicted octanol–water partition coefficient (Wildman–Crippen LogP) is 1.14. The molecule has 0 saturated heterocycles. The van der Waals surface area contributed by atoms with Crippen LogP contribution in [0.1, 0.15) is 17.3 Å². The highest BCUT2D eigenvalue weighted by Gasteiger charge is 2.19. The van der Waals surface area contributed by atoms with E-state index >= 15 is 0 Å². The fourth-order valence-electron chi connectivity index (χ4n) is 1.52. The molecule has 0 fully saturated rings. The SMILES string of the molecule is Cc1nc(CNS(=O)(=O)c2ccc(C(N)=S)cc2Cl)no1. The smallest absolute Gasteiger partial charge is 0.242 e. The lowest BCUT2D eigenvalue weighted by atomic mass is 10.2. The number of aryl methyl sites for hydroxylation is 1. The van der Waals surface area contributed by atoms with Gasteiger partial charge in [0.05, 0.1) is 11.6 Å². The first-order valence-electron chi connectivity index (χ1n) is 5.68. The minimum Gasteiger partial charge on any atom is -0.389 e. The Morgan fingerprint density at radius 2 is 2.24 bits per heavy atom. The lowest BCUT2D eigenvalue weighted by Crippen LogP contribution is -2.24. The minimum absolute atomic E-state index is 0.0251. The summed E-state index contributed by atoms with van der Waals surface area (Å²) < 4.78 is 31.4. The summed E-state index contributed by atoms with van der Waals surface area (Å²) in [5.41, 5.74) is 5.95. The van der Waals surface area contributed by atoms with Crippen LogP contribution in [0.5, 0.6) is 0 Å². The Kier molecular flexibility index (Phi) is 4.57. The van der Waals surface area contributed by atoms with Crippen LogP contribution in [0.15, 0.2) is 27.6 Å². The van der Waals surface area contributed by atoms with Crippen molar-refractivity contribution in [2.24, 2.45) is 5.73 Å². The Morgan fingerprint density at radius 3 is 2.76 bits per heavy atom. The molecule has 0 amide bonds. The van der Waals surface area contributed by atoms with Gasteiger partial charge in [0.2, 0.25) is 15.9 Å². The van der Waals surface area contributed by atoms with Gasteiger partial charge < -0.3 is 10.3 Å². The molecule has 21 heavy (non-hydrogen) atoms. The molecule has 0 aliphatic heterocycles. The summed E-state index contributed by atoms with van der Waals surface area (Å²) in [6, 6.07) is 4.22. The molecule has 0 saturated carbocycles. The highest BCUT2D eigenvalue weighted by atomic mass is 35.5. The van der Waals surface area contributed by atoms with Crippen LogP contribution in [-0.2, 0) is 16.6 Å². The molecule has 2 rings (SSSR count). The van der Waals surface area contributed by atoms with Gasteiger partial charge in [-0.25, -0.2) is 13.1 Å². The third kappa shape index (κ3) is 3.76. The van der Waals surface area contributed by atoms with Crippen molar-refractivity contribution >= 4 is 38.8 Å². The number of nitrogens with one attached hydrogen (secondary N) is 1. The average Bonchev–Trinajstić information content (AvgIpc) is 2.82. The van der Waals surface area contributed by atoms with Gasteiger partial charge in [-0.2, -0.15) is 4.98 Å². The number of halogens is 1. The maximum Gasteiger partial charge on any atom is 0.242 e. The van der Waals surface area contributed by atoms with Crippen molar-refractivity contribution in [1.29, 1.82) is 0 Å². The van der Waals surface area contributed by atoms with Crippen molar-refractivity contribution in [3.8, 4) is 0 Å². The van der Waals surface area contributed by atoms with Crippen LogP contribution in [-0.4, -0.2) is 23.5 Å². The molecule has 7 nitrogen and oxygen atoms in total. The van der Waals surface area contributed by atoms with Crippen LogP contribution in [0.2, 0.25) is 5.02 Å². The maximum absolute atomic E-state index is 12.2. The molecule has 0 spiro atoms. The van der Waals surface area contributed by atoms with Gasteiger partial charge in [0.25, 0.3) is 0 Å². The number of thiocarbonyl (C=S) groups is 1. The summed E-state index contributed by atoms with van der Waals surface area (Å²) in [5, 5.41) is 3.62. The number of aromatic nitrogens is 2. The molecule has 2 aromatic rings. The molecule has 0 atom stereocenters. The maximum atomic E-state index is 12.2. The van der Waals surface area contributed by atoms with E-state index in [1.54, 1.807) is 6.92 Å². The van der Waals surface area contributed by atoms with E-state index in [1.807, 2.05) is 0 Å². The highest BCUT2D eigenvalue weighted by Crippen LogP contribution is 2.22.